The number of hydrogen-bond acceptors (Lipinski definition) is 1. The van der Waals surface area contributed by atoms with E-state index in [1.165, 1.54) is 30.4 Å². The molecule has 70 valence electrons. The third-order valence-corrected chi connectivity index (χ3v) is 2.96. The molecule has 0 saturated carbocycles. The molecule has 1 unspecified atom stereocenters. The van der Waals surface area contributed by atoms with Gasteiger partial charge in [0, 0.05) is 0 Å². The van der Waals surface area contributed by atoms with E-state index in [-0.39, 0.29) is 0 Å². The molecule has 0 saturated heterocycles. The summed E-state index contributed by atoms with van der Waals surface area (Å²) >= 11 is 0. The van der Waals surface area contributed by atoms with Gasteiger partial charge < -0.3 is 4.74 Å². The summed E-state index contributed by atoms with van der Waals surface area (Å²) in [5, 5.41) is 0. The van der Waals surface area contributed by atoms with Crippen LogP contribution < -0.4 is 4.74 Å². The van der Waals surface area contributed by atoms with Crippen molar-refractivity contribution in [2.24, 2.45) is 0 Å². The fraction of sp³-hybridized carbons (Fsp3) is 0.500. The SMILES string of the molecule is COc1ccc2c(c1)CCCC2C. The number of hydrogen-bond donors (Lipinski definition) is 0. The second-order valence-electron chi connectivity index (χ2n) is 3.86. The number of aryl methyl sites for hydroxylation is 1. The maximum atomic E-state index is 5.22. The highest BCUT2D eigenvalue weighted by Gasteiger charge is 2.16. The number of benzene rings is 1. The van der Waals surface area contributed by atoms with Crippen molar-refractivity contribution < 1.29 is 4.74 Å². The Morgan fingerprint density at radius 1 is 1.38 bits per heavy atom. The predicted molar refractivity (Wildman–Crippen MR) is 54.3 cm³/mol. The molecule has 2 rings (SSSR count). The Labute approximate surface area is 79.7 Å². The maximum Gasteiger partial charge on any atom is 0.119 e. The molecule has 0 fully saturated rings. The van der Waals surface area contributed by atoms with Crippen molar-refractivity contribution >= 4 is 0 Å². The lowest BCUT2D eigenvalue weighted by Gasteiger charge is -2.22. The van der Waals surface area contributed by atoms with E-state index in [9.17, 15) is 0 Å². The van der Waals surface area contributed by atoms with Crippen LogP contribution in [0.2, 0.25) is 0 Å². The monoisotopic (exact) mass is 176 g/mol. The molecule has 1 aliphatic rings. The van der Waals surface area contributed by atoms with E-state index in [4.69, 9.17) is 4.74 Å². The first-order valence-corrected chi connectivity index (χ1v) is 4.98. The summed E-state index contributed by atoms with van der Waals surface area (Å²) in [6.07, 6.45) is 3.87. The fourth-order valence-electron chi connectivity index (χ4n) is 2.16. The van der Waals surface area contributed by atoms with Crippen molar-refractivity contribution in [1.82, 2.24) is 0 Å². The van der Waals surface area contributed by atoms with Crippen molar-refractivity contribution in [3.63, 3.8) is 0 Å². The summed E-state index contributed by atoms with van der Waals surface area (Å²) in [4.78, 5) is 0. The zero-order valence-electron chi connectivity index (χ0n) is 8.34. The predicted octanol–water partition coefficient (Wildman–Crippen LogP) is 3.14. The van der Waals surface area contributed by atoms with Crippen LogP contribution >= 0.6 is 0 Å². The summed E-state index contributed by atoms with van der Waals surface area (Å²) in [7, 11) is 1.73. The van der Waals surface area contributed by atoms with Gasteiger partial charge in [0.05, 0.1) is 7.11 Å². The molecule has 0 heterocycles. The number of ether oxygens (including phenoxy) is 1. The Bertz CT molecular complexity index is 304. The first-order valence-electron chi connectivity index (χ1n) is 4.98. The van der Waals surface area contributed by atoms with Gasteiger partial charge in [0.15, 0.2) is 0 Å². The average Bonchev–Trinajstić information content (AvgIpc) is 2.18. The van der Waals surface area contributed by atoms with Crippen molar-refractivity contribution in [1.29, 1.82) is 0 Å². The first-order chi connectivity index (χ1) is 6.31. The van der Waals surface area contributed by atoms with Crippen LogP contribution in [0.15, 0.2) is 18.2 Å². The topological polar surface area (TPSA) is 9.23 Å². The lowest BCUT2D eigenvalue weighted by atomic mass is 9.84. The van der Waals surface area contributed by atoms with Gasteiger partial charge in [-0.25, -0.2) is 0 Å². The molecule has 1 aromatic carbocycles. The van der Waals surface area contributed by atoms with E-state index in [1.807, 2.05) is 0 Å². The molecular formula is C12H16O. The maximum absolute atomic E-state index is 5.22. The first kappa shape index (κ1) is 8.61. The second kappa shape index (κ2) is 3.41. The van der Waals surface area contributed by atoms with Crippen molar-refractivity contribution in [3.8, 4) is 5.75 Å². The van der Waals surface area contributed by atoms with Crippen LogP contribution in [0, 0.1) is 0 Å². The Balaban J connectivity index is 2.39. The van der Waals surface area contributed by atoms with Crippen LogP contribution in [0.4, 0.5) is 0 Å². The van der Waals surface area contributed by atoms with Crippen molar-refractivity contribution in [2.75, 3.05) is 7.11 Å². The lowest BCUT2D eigenvalue weighted by Crippen LogP contribution is -2.06. The molecule has 0 spiro atoms. The summed E-state index contributed by atoms with van der Waals surface area (Å²) < 4.78 is 5.22. The molecule has 0 bridgehead atoms. The summed E-state index contributed by atoms with van der Waals surface area (Å²) in [6, 6.07) is 6.48. The van der Waals surface area contributed by atoms with E-state index >= 15 is 0 Å². The van der Waals surface area contributed by atoms with Crippen LogP contribution in [0.25, 0.3) is 0 Å². The van der Waals surface area contributed by atoms with Gasteiger partial charge in [-0.15, -0.1) is 0 Å². The van der Waals surface area contributed by atoms with E-state index in [2.05, 4.69) is 25.1 Å². The van der Waals surface area contributed by atoms with Crippen LogP contribution in [0.1, 0.15) is 36.8 Å². The van der Waals surface area contributed by atoms with E-state index in [0.717, 1.165) is 11.7 Å². The smallest absolute Gasteiger partial charge is 0.119 e. The standard InChI is InChI=1S/C12H16O/c1-9-4-3-5-10-8-11(13-2)6-7-12(9)10/h6-9H,3-5H2,1-2H3. The highest BCUT2D eigenvalue weighted by atomic mass is 16.5. The van der Waals surface area contributed by atoms with Crippen molar-refractivity contribution in [2.45, 2.75) is 32.1 Å². The minimum absolute atomic E-state index is 0.731. The van der Waals surface area contributed by atoms with Gasteiger partial charge >= 0.3 is 0 Å². The zero-order chi connectivity index (χ0) is 9.26. The molecule has 0 radical (unpaired) electrons. The molecule has 1 atom stereocenters. The Morgan fingerprint density at radius 3 is 3.00 bits per heavy atom. The summed E-state index contributed by atoms with van der Waals surface area (Å²) in [5.74, 6) is 1.72. The molecule has 1 nitrogen and oxygen atoms in total. The third kappa shape index (κ3) is 1.55. The Kier molecular flexibility index (Phi) is 2.26. The van der Waals surface area contributed by atoms with Gasteiger partial charge in [0.2, 0.25) is 0 Å². The molecule has 1 aromatic rings. The molecule has 13 heavy (non-hydrogen) atoms. The second-order valence-corrected chi connectivity index (χ2v) is 3.86. The highest BCUT2D eigenvalue weighted by molar-refractivity contribution is 5.38. The fourth-order valence-corrected chi connectivity index (χ4v) is 2.16. The van der Waals surface area contributed by atoms with Gasteiger partial charge in [-0.2, -0.15) is 0 Å². The molecule has 0 amide bonds. The van der Waals surface area contributed by atoms with Crippen LogP contribution in [-0.2, 0) is 6.42 Å². The van der Waals surface area contributed by atoms with Gasteiger partial charge in [-0.3, -0.25) is 0 Å². The minimum Gasteiger partial charge on any atom is -0.497 e. The average molecular weight is 176 g/mol. The zero-order valence-corrected chi connectivity index (χ0v) is 8.34. The highest BCUT2D eigenvalue weighted by Crippen LogP contribution is 2.32. The van der Waals surface area contributed by atoms with Crippen LogP contribution in [0.3, 0.4) is 0 Å². The van der Waals surface area contributed by atoms with E-state index in [1.54, 1.807) is 7.11 Å². The van der Waals surface area contributed by atoms with Gasteiger partial charge in [-0.05, 0) is 48.4 Å². The van der Waals surface area contributed by atoms with Gasteiger partial charge in [-0.1, -0.05) is 13.0 Å². The van der Waals surface area contributed by atoms with Gasteiger partial charge in [0.1, 0.15) is 5.75 Å². The third-order valence-electron chi connectivity index (χ3n) is 2.96. The number of methoxy groups -OCH3 is 1. The molecule has 1 aliphatic carbocycles. The Hall–Kier alpha value is -0.980. The normalized spacial score (nSPS) is 20.9. The summed E-state index contributed by atoms with van der Waals surface area (Å²) in [6.45, 7) is 2.31. The molecule has 0 aromatic heterocycles. The number of fused-ring (bicyclic) bond motifs is 1. The molecular weight excluding hydrogens is 160 g/mol. The largest absolute Gasteiger partial charge is 0.497 e. The molecule has 0 aliphatic heterocycles. The van der Waals surface area contributed by atoms with Crippen molar-refractivity contribution in [3.05, 3.63) is 29.3 Å². The lowest BCUT2D eigenvalue weighted by molar-refractivity contribution is 0.413. The van der Waals surface area contributed by atoms with Crippen LogP contribution in [-0.4, -0.2) is 7.11 Å². The van der Waals surface area contributed by atoms with Crippen LogP contribution in [0.5, 0.6) is 5.75 Å². The Morgan fingerprint density at radius 2 is 2.23 bits per heavy atom. The van der Waals surface area contributed by atoms with E-state index in [0.29, 0.717) is 0 Å². The number of rotatable bonds is 1. The molecule has 1 heteroatoms. The summed E-state index contributed by atoms with van der Waals surface area (Å²) in [5.41, 5.74) is 3.00. The molecule has 0 N–H and O–H groups in total. The minimum atomic E-state index is 0.731. The van der Waals surface area contributed by atoms with E-state index < -0.39 is 0 Å². The van der Waals surface area contributed by atoms with Gasteiger partial charge in [0.25, 0.3) is 0 Å². The quantitative estimate of drug-likeness (QED) is 0.638.